The highest BCUT2D eigenvalue weighted by Gasteiger charge is 2.13. The Hall–Kier alpha value is -2.23. The van der Waals surface area contributed by atoms with E-state index in [2.05, 4.69) is 22.5 Å². The molecule has 22 heavy (non-hydrogen) atoms. The predicted molar refractivity (Wildman–Crippen MR) is 93.3 cm³/mol. The molecule has 0 aliphatic carbocycles. The van der Waals surface area contributed by atoms with Crippen molar-refractivity contribution in [3.05, 3.63) is 71.2 Å². The lowest BCUT2D eigenvalue weighted by molar-refractivity contribution is 1.28. The van der Waals surface area contributed by atoms with Crippen molar-refractivity contribution in [2.24, 2.45) is 0 Å². The number of halogens is 1. The van der Waals surface area contributed by atoms with Gasteiger partial charge in [0.1, 0.15) is 4.83 Å². The summed E-state index contributed by atoms with van der Waals surface area (Å²) in [5, 5.41) is 3.84. The first-order valence-electron chi connectivity index (χ1n) is 6.87. The fraction of sp³-hybridized carbons (Fsp3) is 0. The Balaban J connectivity index is 1.92. The zero-order chi connectivity index (χ0) is 14.9. The van der Waals surface area contributed by atoms with E-state index in [4.69, 9.17) is 16.6 Å². The number of rotatable bonds is 2. The van der Waals surface area contributed by atoms with Crippen molar-refractivity contribution < 1.29 is 0 Å². The van der Waals surface area contributed by atoms with Crippen molar-refractivity contribution in [1.29, 1.82) is 0 Å². The maximum Gasteiger partial charge on any atom is 0.126 e. The van der Waals surface area contributed by atoms with Gasteiger partial charge in [0.05, 0.1) is 16.4 Å². The first-order chi connectivity index (χ1) is 10.8. The molecule has 0 fully saturated rings. The van der Waals surface area contributed by atoms with E-state index in [0.29, 0.717) is 5.02 Å². The number of thiophene rings is 1. The number of nitrogens with zero attached hydrogens (tertiary/aromatic N) is 2. The number of aromatic nitrogens is 2. The molecule has 0 amide bonds. The average molecular weight is 323 g/mol. The van der Waals surface area contributed by atoms with Crippen molar-refractivity contribution in [3.63, 3.8) is 0 Å². The highest BCUT2D eigenvalue weighted by Crippen LogP contribution is 2.38. The van der Waals surface area contributed by atoms with Crippen molar-refractivity contribution in [2.75, 3.05) is 0 Å². The molecule has 0 radical (unpaired) electrons. The molecular formula is C18H11ClN2S. The summed E-state index contributed by atoms with van der Waals surface area (Å²) in [6, 6.07) is 17.9. The Morgan fingerprint density at radius 2 is 1.73 bits per heavy atom. The molecule has 4 rings (SSSR count). The molecule has 0 atom stereocenters. The molecule has 0 aliphatic rings. The van der Waals surface area contributed by atoms with Gasteiger partial charge < -0.3 is 0 Å². The molecule has 4 heteroatoms. The van der Waals surface area contributed by atoms with Gasteiger partial charge >= 0.3 is 0 Å². The second kappa shape index (κ2) is 5.52. The fourth-order valence-electron chi connectivity index (χ4n) is 2.47. The summed E-state index contributed by atoms with van der Waals surface area (Å²) in [4.78, 5) is 10.0. The molecule has 0 bridgehead atoms. The quantitative estimate of drug-likeness (QED) is 0.474. The monoisotopic (exact) mass is 322 g/mol. The highest BCUT2D eigenvalue weighted by atomic mass is 35.5. The lowest BCUT2D eigenvalue weighted by Gasteiger charge is -2.04. The van der Waals surface area contributed by atoms with Crippen molar-refractivity contribution >= 4 is 33.2 Å². The minimum atomic E-state index is 0.714. The summed E-state index contributed by atoms with van der Waals surface area (Å²) in [5.74, 6) is 0. The lowest BCUT2D eigenvalue weighted by Crippen LogP contribution is -1.87. The topological polar surface area (TPSA) is 25.8 Å². The molecule has 3 heterocycles. The van der Waals surface area contributed by atoms with Crippen LogP contribution in [0.4, 0.5) is 0 Å². The van der Waals surface area contributed by atoms with Crippen molar-refractivity contribution in [1.82, 2.24) is 9.97 Å². The molecule has 0 aliphatic heterocycles. The maximum absolute atomic E-state index is 6.55. The molecule has 1 aromatic carbocycles. The molecular weight excluding hydrogens is 312 g/mol. The van der Waals surface area contributed by atoms with Gasteiger partial charge in [-0.1, -0.05) is 48.0 Å². The third-order valence-electron chi connectivity index (χ3n) is 3.51. The fourth-order valence-corrected chi connectivity index (χ4v) is 3.79. The SMILES string of the molecule is Clc1cc(-c2ccccn2)nc2scc(-c3ccccc3)c12. The van der Waals surface area contributed by atoms with Crippen LogP contribution < -0.4 is 0 Å². The van der Waals surface area contributed by atoms with Crippen LogP contribution in [0.15, 0.2) is 66.2 Å². The summed E-state index contributed by atoms with van der Waals surface area (Å²) < 4.78 is 0. The highest BCUT2D eigenvalue weighted by molar-refractivity contribution is 7.17. The van der Waals surface area contributed by atoms with Gasteiger partial charge in [-0.05, 0) is 23.8 Å². The number of hydrogen-bond donors (Lipinski definition) is 0. The first kappa shape index (κ1) is 13.4. The van der Waals surface area contributed by atoms with E-state index in [1.807, 2.05) is 42.5 Å². The van der Waals surface area contributed by atoms with Crippen LogP contribution in [0.1, 0.15) is 0 Å². The van der Waals surface area contributed by atoms with Gasteiger partial charge in [-0.3, -0.25) is 4.98 Å². The van der Waals surface area contributed by atoms with Crippen LogP contribution in [0.3, 0.4) is 0 Å². The summed E-state index contributed by atoms with van der Waals surface area (Å²) in [7, 11) is 0. The van der Waals surface area contributed by atoms with Crippen LogP contribution >= 0.6 is 22.9 Å². The normalized spacial score (nSPS) is 11.0. The van der Waals surface area contributed by atoms with Crippen LogP contribution in [0, 0.1) is 0 Å². The van der Waals surface area contributed by atoms with Crippen molar-refractivity contribution in [2.45, 2.75) is 0 Å². The second-order valence-corrected chi connectivity index (χ2v) is 6.17. The zero-order valence-corrected chi connectivity index (χ0v) is 13.1. The molecule has 106 valence electrons. The molecule has 0 N–H and O–H groups in total. The predicted octanol–water partition coefficient (Wildman–Crippen LogP) is 5.68. The van der Waals surface area contributed by atoms with Gasteiger partial charge in [0.2, 0.25) is 0 Å². The Morgan fingerprint density at radius 3 is 2.50 bits per heavy atom. The smallest absolute Gasteiger partial charge is 0.126 e. The van der Waals surface area contributed by atoms with E-state index in [1.54, 1.807) is 17.5 Å². The standard InChI is InChI=1S/C18H11ClN2S/c19-14-10-16(15-8-4-5-9-20-15)21-18-17(14)13(11-22-18)12-6-2-1-3-7-12/h1-11H. The number of hydrogen-bond acceptors (Lipinski definition) is 3. The van der Waals surface area contributed by atoms with E-state index in [1.165, 1.54) is 0 Å². The third-order valence-corrected chi connectivity index (χ3v) is 4.68. The maximum atomic E-state index is 6.55. The van der Waals surface area contributed by atoms with E-state index in [-0.39, 0.29) is 0 Å². The Bertz CT molecular complexity index is 933. The first-order valence-corrected chi connectivity index (χ1v) is 8.13. The van der Waals surface area contributed by atoms with Gasteiger partial charge in [0.25, 0.3) is 0 Å². The largest absolute Gasteiger partial charge is 0.255 e. The Kier molecular flexibility index (Phi) is 3.37. The van der Waals surface area contributed by atoms with Gasteiger partial charge in [-0.15, -0.1) is 11.3 Å². The van der Waals surface area contributed by atoms with E-state index >= 15 is 0 Å². The molecule has 0 spiro atoms. The van der Waals surface area contributed by atoms with E-state index < -0.39 is 0 Å². The summed E-state index contributed by atoms with van der Waals surface area (Å²) >= 11 is 8.16. The lowest BCUT2D eigenvalue weighted by atomic mass is 10.1. The van der Waals surface area contributed by atoms with Gasteiger partial charge in [0, 0.05) is 22.5 Å². The molecule has 0 saturated carbocycles. The average Bonchev–Trinajstić information content (AvgIpc) is 3.01. The molecule has 2 nitrogen and oxygen atoms in total. The summed E-state index contributed by atoms with van der Waals surface area (Å²) in [6.45, 7) is 0. The minimum Gasteiger partial charge on any atom is -0.255 e. The van der Waals surface area contributed by atoms with Gasteiger partial charge in [-0.2, -0.15) is 0 Å². The number of pyridine rings is 2. The van der Waals surface area contributed by atoms with Crippen LogP contribution in [-0.4, -0.2) is 9.97 Å². The third kappa shape index (κ3) is 2.28. The zero-order valence-electron chi connectivity index (χ0n) is 11.5. The Morgan fingerprint density at radius 1 is 0.909 bits per heavy atom. The Labute approximate surface area is 137 Å². The second-order valence-electron chi connectivity index (χ2n) is 4.90. The van der Waals surface area contributed by atoms with Crippen LogP contribution in [-0.2, 0) is 0 Å². The van der Waals surface area contributed by atoms with Crippen molar-refractivity contribution in [3.8, 4) is 22.5 Å². The van der Waals surface area contributed by atoms with Crippen LogP contribution in [0.5, 0.6) is 0 Å². The van der Waals surface area contributed by atoms with Crippen LogP contribution in [0.2, 0.25) is 5.02 Å². The number of fused-ring (bicyclic) bond motifs is 1. The summed E-state index contributed by atoms with van der Waals surface area (Å²) in [6.07, 6.45) is 1.76. The molecule has 3 aromatic heterocycles. The van der Waals surface area contributed by atoms with Gasteiger partial charge in [0.15, 0.2) is 0 Å². The van der Waals surface area contributed by atoms with Gasteiger partial charge in [-0.25, -0.2) is 4.98 Å². The minimum absolute atomic E-state index is 0.714. The van der Waals surface area contributed by atoms with E-state index in [9.17, 15) is 0 Å². The summed E-state index contributed by atoms with van der Waals surface area (Å²) in [5.41, 5.74) is 3.93. The molecule has 0 saturated heterocycles. The van der Waals surface area contributed by atoms with Crippen LogP contribution in [0.25, 0.3) is 32.7 Å². The molecule has 0 unspecified atom stereocenters. The van der Waals surface area contributed by atoms with E-state index in [0.717, 1.165) is 32.7 Å². The molecule has 4 aromatic rings. The number of benzene rings is 1.